The molecule has 1 N–H and O–H groups in total. The van der Waals surface area contributed by atoms with Gasteiger partial charge in [-0.1, -0.05) is 20.3 Å². The van der Waals surface area contributed by atoms with Gasteiger partial charge in [-0.25, -0.2) is 8.42 Å². The van der Waals surface area contributed by atoms with E-state index in [-0.39, 0.29) is 23.4 Å². The Kier molecular flexibility index (Phi) is 6.55. The average molecular weight is 368 g/mol. The van der Waals surface area contributed by atoms with E-state index >= 15 is 0 Å². The van der Waals surface area contributed by atoms with E-state index in [0.717, 1.165) is 19.3 Å². The van der Waals surface area contributed by atoms with E-state index in [1.807, 2.05) is 0 Å². The molecule has 0 heterocycles. The molecule has 1 amide bonds. The van der Waals surface area contributed by atoms with Crippen LogP contribution in [0, 0.1) is 5.92 Å². The summed E-state index contributed by atoms with van der Waals surface area (Å²) in [6, 6.07) is 5.93. The molecule has 0 bridgehead atoms. The Morgan fingerprint density at radius 2 is 1.76 bits per heavy atom. The number of hydrogen-bond acceptors (Lipinski definition) is 5. The van der Waals surface area contributed by atoms with Crippen molar-refractivity contribution in [3.63, 3.8) is 0 Å². The van der Waals surface area contributed by atoms with E-state index in [2.05, 4.69) is 5.32 Å². The normalized spacial score (nSPS) is 14.8. The molecule has 1 aliphatic rings. The van der Waals surface area contributed by atoms with E-state index in [9.17, 15) is 18.0 Å². The number of nitrogens with zero attached hydrogens (tertiary/aromatic N) is 1. The fourth-order valence-corrected chi connectivity index (χ4v) is 3.98. The van der Waals surface area contributed by atoms with Gasteiger partial charge in [0.05, 0.1) is 10.8 Å². The minimum Gasteiger partial charge on any atom is -0.455 e. The lowest BCUT2D eigenvalue weighted by atomic mass is 9.86. The van der Waals surface area contributed by atoms with Crippen molar-refractivity contribution in [3.8, 4) is 0 Å². The molecule has 1 aromatic carbocycles. The van der Waals surface area contributed by atoms with Crippen molar-refractivity contribution in [1.29, 1.82) is 0 Å². The number of benzene rings is 1. The first-order valence-electron chi connectivity index (χ1n) is 8.45. The number of carbonyl (C=O) groups excluding carboxylic acids is 2. The highest BCUT2D eigenvalue weighted by Crippen LogP contribution is 2.27. The van der Waals surface area contributed by atoms with Crippen LogP contribution in [0.1, 0.15) is 33.1 Å². The van der Waals surface area contributed by atoms with Crippen molar-refractivity contribution >= 4 is 27.6 Å². The summed E-state index contributed by atoms with van der Waals surface area (Å²) in [6.07, 6.45) is 2.67. The van der Waals surface area contributed by atoms with Crippen molar-refractivity contribution in [3.05, 3.63) is 24.3 Å². The van der Waals surface area contributed by atoms with Crippen molar-refractivity contribution in [1.82, 2.24) is 4.31 Å². The first-order chi connectivity index (χ1) is 11.9. The lowest BCUT2D eigenvalue weighted by Gasteiger charge is -2.22. The first-order valence-corrected chi connectivity index (χ1v) is 9.89. The smallest absolute Gasteiger partial charge is 0.309 e. The van der Waals surface area contributed by atoms with Crippen LogP contribution in [0.15, 0.2) is 29.2 Å². The molecular weight excluding hydrogens is 344 g/mol. The molecular formula is C17H24N2O5S. The van der Waals surface area contributed by atoms with Crippen LogP contribution in [-0.4, -0.2) is 44.3 Å². The minimum atomic E-state index is -3.52. The SMILES string of the molecule is CCN(CC)S(=O)(=O)c1ccc(NC(=O)COC(=O)C2CCC2)cc1. The first kappa shape index (κ1) is 19.4. The number of anilines is 1. The zero-order chi connectivity index (χ0) is 18.4. The van der Waals surface area contributed by atoms with Gasteiger partial charge in [-0.3, -0.25) is 9.59 Å². The molecule has 7 nitrogen and oxygen atoms in total. The quantitative estimate of drug-likeness (QED) is 0.709. The molecule has 0 aliphatic heterocycles. The van der Waals surface area contributed by atoms with Crippen LogP contribution in [0.25, 0.3) is 0 Å². The van der Waals surface area contributed by atoms with Crippen molar-refractivity contribution < 1.29 is 22.7 Å². The monoisotopic (exact) mass is 368 g/mol. The third-order valence-corrected chi connectivity index (χ3v) is 6.33. The maximum Gasteiger partial charge on any atom is 0.309 e. The molecule has 1 saturated carbocycles. The summed E-state index contributed by atoms with van der Waals surface area (Å²) in [5, 5.41) is 2.58. The summed E-state index contributed by atoms with van der Waals surface area (Å²) in [5.41, 5.74) is 0.447. The van der Waals surface area contributed by atoms with Crippen LogP contribution in [0.3, 0.4) is 0 Å². The summed E-state index contributed by atoms with van der Waals surface area (Å²) in [4.78, 5) is 23.6. The predicted octanol–water partition coefficient (Wildman–Crippen LogP) is 2.00. The summed E-state index contributed by atoms with van der Waals surface area (Å²) >= 11 is 0. The molecule has 0 unspecified atom stereocenters. The second-order valence-electron chi connectivity index (χ2n) is 5.90. The second kappa shape index (κ2) is 8.44. The number of hydrogen-bond donors (Lipinski definition) is 1. The van der Waals surface area contributed by atoms with Gasteiger partial charge in [-0.15, -0.1) is 0 Å². The highest BCUT2D eigenvalue weighted by molar-refractivity contribution is 7.89. The molecule has 0 radical (unpaired) electrons. The van der Waals surface area contributed by atoms with E-state index in [1.54, 1.807) is 13.8 Å². The van der Waals surface area contributed by atoms with Gasteiger partial charge in [0.25, 0.3) is 5.91 Å². The molecule has 1 fully saturated rings. The Labute approximate surface area is 148 Å². The summed E-state index contributed by atoms with van der Waals surface area (Å²) in [6.45, 7) is 4.00. The Morgan fingerprint density at radius 1 is 1.16 bits per heavy atom. The Morgan fingerprint density at radius 3 is 2.24 bits per heavy atom. The Balaban J connectivity index is 1.91. The summed E-state index contributed by atoms with van der Waals surface area (Å²) in [7, 11) is -3.52. The Bertz CT molecular complexity index is 707. The van der Waals surface area contributed by atoms with E-state index in [0.29, 0.717) is 18.8 Å². The third kappa shape index (κ3) is 4.79. The summed E-state index contributed by atoms with van der Waals surface area (Å²) < 4.78 is 31.1. The topological polar surface area (TPSA) is 92.8 Å². The molecule has 1 aromatic rings. The van der Waals surface area contributed by atoms with Crippen LogP contribution in [-0.2, 0) is 24.3 Å². The zero-order valence-electron chi connectivity index (χ0n) is 14.5. The lowest BCUT2D eigenvalue weighted by molar-refractivity contribution is -0.154. The maximum atomic E-state index is 12.4. The molecule has 0 aromatic heterocycles. The van der Waals surface area contributed by atoms with Gasteiger partial charge < -0.3 is 10.1 Å². The largest absolute Gasteiger partial charge is 0.455 e. The third-order valence-electron chi connectivity index (χ3n) is 4.27. The molecule has 8 heteroatoms. The molecule has 1 aliphatic carbocycles. The minimum absolute atomic E-state index is 0.0719. The highest BCUT2D eigenvalue weighted by Gasteiger charge is 2.27. The predicted molar refractivity (Wildman–Crippen MR) is 93.5 cm³/mol. The average Bonchev–Trinajstić information content (AvgIpc) is 2.53. The van der Waals surface area contributed by atoms with Gasteiger partial charge in [0.15, 0.2) is 6.61 Å². The van der Waals surface area contributed by atoms with Gasteiger partial charge in [0.2, 0.25) is 10.0 Å². The number of rotatable bonds is 8. The van der Waals surface area contributed by atoms with Gasteiger partial charge in [-0.2, -0.15) is 4.31 Å². The molecule has 0 atom stereocenters. The lowest BCUT2D eigenvalue weighted by Crippen LogP contribution is -2.30. The molecule has 0 spiro atoms. The number of sulfonamides is 1. The van der Waals surface area contributed by atoms with Gasteiger partial charge in [0, 0.05) is 18.8 Å². The number of nitrogens with one attached hydrogen (secondary N) is 1. The Hall–Kier alpha value is -1.93. The fraction of sp³-hybridized carbons (Fsp3) is 0.529. The van der Waals surface area contributed by atoms with Crippen molar-refractivity contribution in [2.45, 2.75) is 38.0 Å². The molecule has 25 heavy (non-hydrogen) atoms. The number of amides is 1. The van der Waals surface area contributed by atoms with Crippen molar-refractivity contribution in [2.24, 2.45) is 5.92 Å². The fourth-order valence-electron chi connectivity index (χ4n) is 2.52. The standard InChI is InChI=1S/C17H24N2O5S/c1-3-19(4-2)25(22,23)15-10-8-14(9-11-15)18-16(20)12-24-17(21)13-6-5-7-13/h8-11,13H,3-7,12H2,1-2H3,(H,18,20). The summed E-state index contributed by atoms with van der Waals surface area (Å²) in [5.74, 6) is -0.855. The van der Waals surface area contributed by atoms with Crippen LogP contribution in [0.5, 0.6) is 0 Å². The highest BCUT2D eigenvalue weighted by atomic mass is 32.2. The van der Waals surface area contributed by atoms with Crippen LogP contribution in [0.4, 0.5) is 5.69 Å². The van der Waals surface area contributed by atoms with Crippen molar-refractivity contribution in [2.75, 3.05) is 25.0 Å². The van der Waals surface area contributed by atoms with Crippen LogP contribution in [0.2, 0.25) is 0 Å². The van der Waals surface area contributed by atoms with Gasteiger partial charge in [-0.05, 0) is 37.1 Å². The van der Waals surface area contributed by atoms with Gasteiger partial charge >= 0.3 is 5.97 Å². The van der Waals surface area contributed by atoms with E-state index in [1.165, 1.54) is 28.6 Å². The molecule has 138 valence electrons. The maximum absolute atomic E-state index is 12.4. The number of carbonyl (C=O) groups is 2. The second-order valence-corrected chi connectivity index (χ2v) is 7.84. The van der Waals surface area contributed by atoms with Crippen LogP contribution >= 0.6 is 0 Å². The van der Waals surface area contributed by atoms with E-state index in [4.69, 9.17) is 4.74 Å². The van der Waals surface area contributed by atoms with E-state index < -0.39 is 15.9 Å². The molecule has 2 rings (SSSR count). The van der Waals surface area contributed by atoms with Gasteiger partial charge in [0.1, 0.15) is 0 Å². The molecule has 0 saturated heterocycles. The number of esters is 1. The number of ether oxygens (including phenoxy) is 1. The van der Waals surface area contributed by atoms with Crippen LogP contribution < -0.4 is 5.32 Å². The zero-order valence-corrected chi connectivity index (χ0v) is 15.3.